The number of alkyl halides is 3. The van der Waals surface area contributed by atoms with Crippen LogP contribution in [-0.2, 0) is 4.57 Å². The topological polar surface area (TPSA) is 17.1 Å². The highest BCUT2D eigenvalue weighted by atomic mass is 35.7. The van der Waals surface area contributed by atoms with Gasteiger partial charge in [-0.2, -0.15) is 0 Å². The molecule has 0 bridgehead atoms. The van der Waals surface area contributed by atoms with Gasteiger partial charge < -0.3 is 0 Å². The zero-order valence-corrected chi connectivity index (χ0v) is 4.52. The summed E-state index contributed by atoms with van der Waals surface area (Å²) in [5.74, 6) is -4.73. The van der Waals surface area contributed by atoms with E-state index in [9.17, 15) is 17.7 Å². The summed E-state index contributed by atoms with van der Waals surface area (Å²) < 4.78 is 41.5. The molecular weight excluding hydrogens is 151 g/mol. The maximum absolute atomic E-state index is 10.8. The minimum Gasteiger partial charge on any atom is -0.124 e. The summed E-state index contributed by atoms with van der Waals surface area (Å²) in [6.07, 6.45) is 0. The first-order valence-electron chi connectivity index (χ1n) is 1.14. The van der Waals surface area contributed by atoms with Crippen LogP contribution in [0.4, 0.5) is 13.2 Å². The molecule has 0 N–H and O–H groups in total. The molecule has 7 heavy (non-hydrogen) atoms. The molecule has 1 nitrogen and oxygen atoms in total. The first-order valence-corrected chi connectivity index (χ1v) is 3.31. The van der Waals surface area contributed by atoms with E-state index in [1.54, 1.807) is 0 Å². The Hall–Kier alpha value is 0.180. The van der Waals surface area contributed by atoms with Crippen molar-refractivity contribution >= 4 is 18.4 Å². The molecule has 0 aromatic carbocycles. The Kier molecular flexibility index (Phi) is 2.02. The molecular formula is CClF3OP+. The van der Waals surface area contributed by atoms with E-state index in [2.05, 4.69) is 11.2 Å². The highest BCUT2D eigenvalue weighted by Crippen LogP contribution is 2.46. The molecule has 0 rings (SSSR count). The van der Waals surface area contributed by atoms with E-state index < -0.39 is 13.1 Å². The summed E-state index contributed by atoms with van der Waals surface area (Å²) in [4.78, 5) is 0. The van der Waals surface area contributed by atoms with Crippen LogP contribution in [0.5, 0.6) is 0 Å². The lowest BCUT2D eigenvalue weighted by Gasteiger charge is -1.80. The van der Waals surface area contributed by atoms with E-state index in [4.69, 9.17) is 0 Å². The van der Waals surface area contributed by atoms with Crippen LogP contribution < -0.4 is 0 Å². The van der Waals surface area contributed by atoms with E-state index in [1.807, 2.05) is 0 Å². The van der Waals surface area contributed by atoms with Crippen molar-refractivity contribution in [2.24, 2.45) is 0 Å². The Balaban J connectivity index is 3.79. The van der Waals surface area contributed by atoms with Crippen molar-refractivity contribution in [3.63, 3.8) is 0 Å². The van der Waals surface area contributed by atoms with Crippen molar-refractivity contribution in [3.8, 4) is 0 Å². The quantitative estimate of drug-likeness (QED) is 0.486. The van der Waals surface area contributed by atoms with Crippen molar-refractivity contribution < 1.29 is 17.7 Å². The van der Waals surface area contributed by atoms with Gasteiger partial charge in [0.1, 0.15) is 0 Å². The zero-order valence-electron chi connectivity index (χ0n) is 2.87. The lowest BCUT2D eigenvalue weighted by molar-refractivity contribution is -0.0404. The van der Waals surface area contributed by atoms with Gasteiger partial charge in [0.25, 0.3) is 0 Å². The molecule has 0 saturated heterocycles. The molecule has 0 spiro atoms. The average Bonchev–Trinajstić information content (AvgIpc) is 1.31. The maximum atomic E-state index is 10.8. The van der Waals surface area contributed by atoms with Gasteiger partial charge in [-0.25, -0.2) is 0 Å². The molecule has 0 aliphatic rings. The lowest BCUT2D eigenvalue weighted by atomic mass is 11.6. The molecule has 1 atom stereocenters. The molecule has 0 saturated carbocycles. The van der Waals surface area contributed by atoms with Crippen molar-refractivity contribution in [1.82, 2.24) is 0 Å². The third kappa shape index (κ3) is 2.83. The van der Waals surface area contributed by atoms with Crippen LogP contribution in [0, 0.1) is 0 Å². The summed E-state index contributed by atoms with van der Waals surface area (Å²) in [7, 11) is -3.52. The van der Waals surface area contributed by atoms with Crippen LogP contribution in [0.2, 0.25) is 0 Å². The summed E-state index contributed by atoms with van der Waals surface area (Å²) in [5.41, 5.74) is 0. The number of hydrogen-bond acceptors (Lipinski definition) is 1. The molecule has 0 aliphatic heterocycles. The summed E-state index contributed by atoms with van der Waals surface area (Å²) >= 11 is 4.14. The first kappa shape index (κ1) is 7.18. The van der Waals surface area contributed by atoms with Crippen LogP contribution >= 0.6 is 18.4 Å². The first-order chi connectivity index (χ1) is 2.94. The highest BCUT2D eigenvalue weighted by Gasteiger charge is 2.52. The Morgan fingerprint density at radius 3 is 1.57 bits per heavy atom. The molecule has 42 valence electrons. The predicted molar refractivity (Wildman–Crippen MR) is 19.5 cm³/mol. The third-order valence-corrected chi connectivity index (χ3v) is 1.17. The van der Waals surface area contributed by atoms with E-state index in [0.29, 0.717) is 0 Å². The van der Waals surface area contributed by atoms with Crippen LogP contribution in [-0.4, -0.2) is 5.92 Å². The highest BCUT2D eigenvalue weighted by molar-refractivity contribution is 7.74. The smallest absolute Gasteiger partial charge is 0.124 e. The minimum atomic E-state index is -4.73. The van der Waals surface area contributed by atoms with Gasteiger partial charge in [0.15, 0.2) is 0 Å². The maximum Gasteiger partial charge on any atom is 0.625 e. The zero-order chi connectivity index (χ0) is 6.08. The van der Waals surface area contributed by atoms with Crippen LogP contribution in [0.15, 0.2) is 0 Å². The average molecular weight is 151 g/mol. The van der Waals surface area contributed by atoms with Gasteiger partial charge in [0.2, 0.25) is 11.2 Å². The Morgan fingerprint density at radius 1 is 1.43 bits per heavy atom. The molecule has 6 heteroatoms. The molecule has 0 heterocycles. The standard InChI is InChI=1S/CClF3OP/c2-7(6)1(3,4)5/q+1. The fourth-order valence-corrected chi connectivity index (χ4v) is 0. The molecule has 0 aromatic heterocycles. The van der Waals surface area contributed by atoms with Gasteiger partial charge in [-0.1, -0.05) is 0 Å². The number of hydrogen-bond donors (Lipinski definition) is 0. The van der Waals surface area contributed by atoms with E-state index in [0.717, 1.165) is 0 Å². The van der Waals surface area contributed by atoms with Crippen LogP contribution in [0.1, 0.15) is 0 Å². The summed E-state index contributed by atoms with van der Waals surface area (Å²) in [5, 5.41) is 0. The third-order valence-electron chi connectivity index (χ3n) is 0.199. The SMILES string of the molecule is O=[P+](Cl)C(F)(F)F. The van der Waals surface area contributed by atoms with E-state index in [-0.39, 0.29) is 0 Å². The lowest BCUT2D eigenvalue weighted by Crippen LogP contribution is -1.94. The van der Waals surface area contributed by atoms with Gasteiger partial charge >= 0.3 is 13.1 Å². The monoisotopic (exact) mass is 151 g/mol. The Bertz CT molecular complexity index is 87.4. The second kappa shape index (κ2) is 1.97. The summed E-state index contributed by atoms with van der Waals surface area (Å²) in [6.45, 7) is 0. The second-order valence-corrected chi connectivity index (χ2v) is 2.63. The van der Waals surface area contributed by atoms with Gasteiger partial charge in [0, 0.05) is 0 Å². The van der Waals surface area contributed by atoms with Crippen molar-refractivity contribution in [2.75, 3.05) is 0 Å². The van der Waals surface area contributed by atoms with E-state index in [1.165, 1.54) is 0 Å². The molecule has 1 unspecified atom stereocenters. The fourth-order valence-electron chi connectivity index (χ4n) is 0. The molecule has 0 aliphatic carbocycles. The van der Waals surface area contributed by atoms with Crippen molar-refractivity contribution in [3.05, 3.63) is 0 Å². The van der Waals surface area contributed by atoms with E-state index >= 15 is 0 Å². The number of halogens is 4. The number of rotatable bonds is 0. The molecule has 0 radical (unpaired) electrons. The van der Waals surface area contributed by atoms with Crippen LogP contribution in [0.3, 0.4) is 0 Å². The van der Waals surface area contributed by atoms with Crippen molar-refractivity contribution in [2.45, 2.75) is 5.92 Å². The van der Waals surface area contributed by atoms with Crippen LogP contribution in [0.25, 0.3) is 0 Å². The van der Waals surface area contributed by atoms with Gasteiger partial charge in [-0.3, -0.25) is 0 Å². The van der Waals surface area contributed by atoms with Gasteiger partial charge in [-0.05, 0) is 4.57 Å². The Labute approximate surface area is 43.0 Å². The minimum absolute atomic E-state index is 3.52. The second-order valence-electron chi connectivity index (χ2n) is 0.713. The molecule has 0 fully saturated rings. The van der Waals surface area contributed by atoms with Gasteiger partial charge in [-0.15, -0.1) is 13.2 Å². The largest absolute Gasteiger partial charge is 0.625 e. The Morgan fingerprint density at radius 2 is 1.57 bits per heavy atom. The normalized spacial score (nSPS) is 14.0. The summed E-state index contributed by atoms with van der Waals surface area (Å²) in [6, 6.07) is 0. The van der Waals surface area contributed by atoms with Gasteiger partial charge in [0.05, 0.1) is 0 Å². The molecule has 0 amide bonds. The molecule has 0 aromatic rings. The van der Waals surface area contributed by atoms with Crippen molar-refractivity contribution in [1.29, 1.82) is 0 Å². The fraction of sp³-hybridized carbons (Fsp3) is 1.00. The predicted octanol–water partition coefficient (Wildman–Crippen LogP) is 2.49.